The molecule has 0 aliphatic carbocycles. The largest absolute Gasteiger partial charge is 0.573 e. The number of fused-ring (bicyclic) bond motifs is 1. The molecule has 0 unspecified atom stereocenters. The van der Waals surface area contributed by atoms with E-state index in [2.05, 4.69) is 14.8 Å². The minimum atomic E-state index is -4.82. The first kappa shape index (κ1) is 22.7. The standard InChI is InChI=1S/C20H22F3N3O4S/c1-31(28,29)25-16-8-4-9-17-15(16)7-5-11-26(17)13-19(27)24-12-14-6-2-3-10-18(14)30-20(21,22)23/h2-4,6,8-10,25H,5,7,11-13H2,1H3,(H,24,27). The molecule has 1 aliphatic rings. The van der Waals surface area contributed by atoms with Gasteiger partial charge < -0.3 is 15.0 Å². The molecular weight excluding hydrogens is 435 g/mol. The number of halogens is 3. The van der Waals surface area contributed by atoms with Crippen molar-refractivity contribution in [3.05, 3.63) is 53.6 Å². The van der Waals surface area contributed by atoms with E-state index in [9.17, 15) is 26.4 Å². The summed E-state index contributed by atoms with van der Waals surface area (Å²) in [6.45, 7) is 0.454. The maximum absolute atomic E-state index is 12.5. The Hall–Kier alpha value is -2.95. The predicted octanol–water partition coefficient (Wildman–Crippen LogP) is 3.03. The molecule has 7 nitrogen and oxygen atoms in total. The molecule has 11 heteroatoms. The average molecular weight is 457 g/mol. The maximum Gasteiger partial charge on any atom is 0.573 e. The molecule has 3 rings (SSSR count). The van der Waals surface area contributed by atoms with Gasteiger partial charge in [-0.1, -0.05) is 24.3 Å². The van der Waals surface area contributed by atoms with Crippen LogP contribution in [0, 0.1) is 0 Å². The van der Waals surface area contributed by atoms with E-state index in [1.54, 1.807) is 18.2 Å². The first-order chi connectivity index (χ1) is 14.5. The van der Waals surface area contributed by atoms with Gasteiger partial charge in [-0.25, -0.2) is 8.42 Å². The summed E-state index contributed by atoms with van der Waals surface area (Å²) in [6, 6.07) is 10.8. The Morgan fingerprint density at radius 2 is 1.90 bits per heavy atom. The number of ether oxygens (including phenoxy) is 1. The third kappa shape index (κ3) is 6.51. The highest BCUT2D eigenvalue weighted by Crippen LogP contribution is 2.33. The fourth-order valence-corrected chi connectivity index (χ4v) is 4.05. The highest BCUT2D eigenvalue weighted by molar-refractivity contribution is 7.92. The molecular formula is C20H22F3N3O4S. The molecule has 0 bridgehead atoms. The van der Waals surface area contributed by atoms with Crippen LogP contribution < -0.4 is 19.7 Å². The molecule has 0 spiro atoms. The van der Waals surface area contributed by atoms with Crippen molar-refractivity contribution in [3.63, 3.8) is 0 Å². The van der Waals surface area contributed by atoms with Crippen molar-refractivity contribution in [2.75, 3.05) is 29.0 Å². The zero-order chi connectivity index (χ0) is 22.6. The second kappa shape index (κ2) is 9.04. The Balaban J connectivity index is 1.68. The summed E-state index contributed by atoms with van der Waals surface area (Å²) in [5, 5.41) is 2.62. The summed E-state index contributed by atoms with van der Waals surface area (Å²) in [5.74, 6) is -0.744. The van der Waals surface area contributed by atoms with Crippen LogP contribution in [0.4, 0.5) is 24.5 Å². The number of hydrogen-bond acceptors (Lipinski definition) is 5. The normalized spacial score (nSPS) is 14.0. The number of carbonyl (C=O) groups excluding carboxylic acids is 1. The van der Waals surface area contributed by atoms with Crippen molar-refractivity contribution in [2.24, 2.45) is 0 Å². The monoisotopic (exact) mass is 457 g/mol. The van der Waals surface area contributed by atoms with Gasteiger partial charge in [-0.05, 0) is 36.6 Å². The first-order valence-corrected chi connectivity index (χ1v) is 11.4. The molecule has 2 N–H and O–H groups in total. The summed E-state index contributed by atoms with van der Waals surface area (Å²) < 4.78 is 67.4. The zero-order valence-electron chi connectivity index (χ0n) is 16.7. The Kier molecular flexibility index (Phi) is 6.63. The zero-order valence-corrected chi connectivity index (χ0v) is 17.5. The maximum atomic E-state index is 12.5. The molecule has 0 aromatic heterocycles. The SMILES string of the molecule is CS(=O)(=O)Nc1cccc2c1CCCN2CC(=O)NCc1ccccc1OC(F)(F)F. The van der Waals surface area contributed by atoms with E-state index in [-0.39, 0.29) is 30.3 Å². The van der Waals surface area contributed by atoms with Crippen molar-refractivity contribution in [2.45, 2.75) is 25.7 Å². The van der Waals surface area contributed by atoms with Crippen LogP contribution in [0.5, 0.6) is 5.75 Å². The minimum Gasteiger partial charge on any atom is -0.405 e. The van der Waals surface area contributed by atoms with Gasteiger partial charge in [0.1, 0.15) is 5.75 Å². The second-order valence-corrected chi connectivity index (χ2v) is 8.88. The number of carbonyl (C=O) groups is 1. The number of sulfonamides is 1. The van der Waals surface area contributed by atoms with Crippen LogP contribution in [-0.2, 0) is 27.8 Å². The molecule has 2 aromatic rings. The number of anilines is 2. The summed E-state index contributed by atoms with van der Waals surface area (Å²) in [7, 11) is -3.45. The van der Waals surface area contributed by atoms with Crippen LogP contribution in [0.15, 0.2) is 42.5 Å². The molecule has 0 saturated carbocycles. The number of alkyl halides is 3. The smallest absolute Gasteiger partial charge is 0.405 e. The average Bonchev–Trinajstić information content (AvgIpc) is 2.66. The molecule has 1 aliphatic heterocycles. The third-order valence-corrected chi connectivity index (χ3v) is 5.24. The van der Waals surface area contributed by atoms with Crippen molar-refractivity contribution in [1.29, 1.82) is 0 Å². The van der Waals surface area contributed by atoms with E-state index < -0.39 is 16.4 Å². The van der Waals surface area contributed by atoms with Crippen LogP contribution in [-0.4, -0.2) is 40.0 Å². The molecule has 2 aromatic carbocycles. The Morgan fingerprint density at radius 1 is 1.16 bits per heavy atom. The van der Waals surface area contributed by atoms with Crippen LogP contribution in [0.1, 0.15) is 17.5 Å². The second-order valence-electron chi connectivity index (χ2n) is 7.13. The highest BCUT2D eigenvalue weighted by atomic mass is 32.2. The van der Waals surface area contributed by atoms with Crippen molar-refractivity contribution < 1.29 is 31.1 Å². The van der Waals surface area contributed by atoms with Crippen molar-refractivity contribution >= 4 is 27.3 Å². The van der Waals surface area contributed by atoms with Gasteiger partial charge in [0.2, 0.25) is 15.9 Å². The van der Waals surface area contributed by atoms with E-state index in [0.29, 0.717) is 18.7 Å². The van der Waals surface area contributed by atoms with Gasteiger partial charge in [-0.15, -0.1) is 13.2 Å². The van der Waals surface area contributed by atoms with Gasteiger partial charge in [-0.3, -0.25) is 9.52 Å². The Bertz CT molecular complexity index is 1060. The summed E-state index contributed by atoms with van der Waals surface area (Å²) in [6.07, 6.45) is -2.37. The Morgan fingerprint density at radius 3 is 2.61 bits per heavy atom. The van der Waals surface area contributed by atoms with Crippen molar-refractivity contribution in [3.8, 4) is 5.75 Å². The topological polar surface area (TPSA) is 87.7 Å². The lowest BCUT2D eigenvalue weighted by Crippen LogP contribution is -2.39. The van der Waals surface area contributed by atoms with Gasteiger partial charge in [0.05, 0.1) is 18.5 Å². The number of benzene rings is 2. The molecule has 31 heavy (non-hydrogen) atoms. The van der Waals surface area contributed by atoms with Crippen LogP contribution >= 0.6 is 0 Å². The van der Waals surface area contributed by atoms with Crippen molar-refractivity contribution in [1.82, 2.24) is 5.32 Å². The number of rotatable bonds is 7. The molecule has 168 valence electrons. The fourth-order valence-electron chi connectivity index (χ4n) is 3.46. The molecule has 0 radical (unpaired) electrons. The molecule has 1 amide bonds. The lowest BCUT2D eigenvalue weighted by atomic mass is 10.00. The molecule has 1 heterocycles. The molecule has 0 saturated heterocycles. The van der Waals surface area contributed by atoms with Gasteiger partial charge in [0, 0.05) is 24.3 Å². The van der Waals surface area contributed by atoms with E-state index in [1.807, 2.05) is 11.0 Å². The van der Waals surface area contributed by atoms with Crippen LogP contribution in [0.3, 0.4) is 0 Å². The predicted molar refractivity (Wildman–Crippen MR) is 110 cm³/mol. The Labute approximate surface area is 178 Å². The van der Waals surface area contributed by atoms with Gasteiger partial charge >= 0.3 is 6.36 Å². The van der Waals surface area contributed by atoms with Crippen LogP contribution in [0.25, 0.3) is 0 Å². The summed E-state index contributed by atoms with van der Waals surface area (Å²) in [4.78, 5) is 14.3. The molecule has 0 atom stereocenters. The number of nitrogens with one attached hydrogen (secondary N) is 2. The van der Waals surface area contributed by atoms with Crippen LogP contribution in [0.2, 0.25) is 0 Å². The summed E-state index contributed by atoms with van der Waals surface area (Å²) >= 11 is 0. The van der Waals surface area contributed by atoms with Gasteiger partial charge in [-0.2, -0.15) is 0 Å². The van der Waals surface area contributed by atoms with Gasteiger partial charge in [0.15, 0.2) is 0 Å². The van der Waals surface area contributed by atoms with E-state index >= 15 is 0 Å². The minimum absolute atomic E-state index is 0.0162. The number of amides is 1. The van der Waals surface area contributed by atoms with E-state index in [4.69, 9.17) is 0 Å². The third-order valence-electron chi connectivity index (χ3n) is 4.65. The summed E-state index contributed by atoms with van der Waals surface area (Å²) in [5.41, 5.74) is 2.22. The lowest BCUT2D eigenvalue weighted by molar-refractivity contribution is -0.274. The van der Waals surface area contributed by atoms with E-state index in [1.165, 1.54) is 18.2 Å². The van der Waals surface area contributed by atoms with Gasteiger partial charge in [0.25, 0.3) is 0 Å². The fraction of sp³-hybridized carbons (Fsp3) is 0.350. The van der Waals surface area contributed by atoms with E-state index in [0.717, 1.165) is 23.9 Å². The highest BCUT2D eigenvalue weighted by Gasteiger charge is 2.32. The number of para-hydroxylation sites is 1. The number of nitrogens with zero attached hydrogens (tertiary/aromatic N) is 1. The number of hydrogen-bond donors (Lipinski definition) is 2. The first-order valence-electron chi connectivity index (χ1n) is 9.47. The molecule has 0 fully saturated rings. The lowest BCUT2D eigenvalue weighted by Gasteiger charge is -2.32. The quantitative estimate of drug-likeness (QED) is 0.668.